The van der Waals surface area contributed by atoms with Gasteiger partial charge in [0.05, 0.1) is 5.41 Å². The predicted molar refractivity (Wildman–Crippen MR) is 191 cm³/mol. The zero-order chi connectivity index (χ0) is 31.3. The van der Waals surface area contributed by atoms with Crippen molar-refractivity contribution in [1.29, 1.82) is 5.41 Å². The minimum atomic E-state index is -0.454. The lowest BCUT2D eigenvalue weighted by atomic mass is 9.62. The molecule has 226 valence electrons. The normalized spacial score (nSPS) is 29.1. The molecule has 4 nitrogen and oxygen atoms in total. The van der Waals surface area contributed by atoms with Gasteiger partial charge in [-0.15, -0.1) is 0 Å². The fourth-order valence-corrected chi connectivity index (χ4v) is 7.56. The average molecular weight is 695 g/mol. The molecule has 1 heterocycles. The maximum Gasteiger partial charge on any atom is 0.163 e. The molecule has 4 unspecified atom stereocenters. The minimum Gasteiger partial charge on any atom is -0.308 e. The number of rotatable bonds is 7. The summed E-state index contributed by atoms with van der Waals surface area (Å²) in [7, 11) is 0. The number of allylic oxidation sites excluding steroid dienone is 7. The molecule has 1 N–H and O–H groups in total. The van der Waals surface area contributed by atoms with E-state index in [9.17, 15) is 5.41 Å². The van der Waals surface area contributed by atoms with Crippen molar-refractivity contribution in [2.45, 2.75) is 78.6 Å². The maximum atomic E-state index is 9.51. The predicted octanol–water partition coefficient (Wildman–Crippen LogP) is 10.3. The van der Waals surface area contributed by atoms with Crippen LogP contribution in [0.4, 0.5) is 0 Å². The van der Waals surface area contributed by atoms with E-state index in [1.54, 1.807) is 0 Å². The summed E-state index contributed by atoms with van der Waals surface area (Å²) in [6, 6.07) is 17.1. The molecule has 1 saturated carbocycles. The van der Waals surface area contributed by atoms with Gasteiger partial charge in [-0.25, -0.2) is 15.0 Å². The van der Waals surface area contributed by atoms with E-state index in [2.05, 4.69) is 131 Å². The zero-order valence-electron chi connectivity index (χ0n) is 26.7. The third kappa shape index (κ3) is 5.46. The van der Waals surface area contributed by atoms with Crippen molar-refractivity contribution < 1.29 is 0 Å². The first-order valence-electron chi connectivity index (χ1n) is 16.0. The van der Waals surface area contributed by atoms with E-state index < -0.39 is 10.8 Å². The van der Waals surface area contributed by atoms with Crippen LogP contribution in [0.2, 0.25) is 0 Å². The van der Waals surface area contributed by atoms with Crippen molar-refractivity contribution in [1.82, 2.24) is 15.0 Å². The van der Waals surface area contributed by atoms with Crippen LogP contribution in [0.25, 0.3) is 22.8 Å². The van der Waals surface area contributed by atoms with Crippen molar-refractivity contribution in [3.8, 4) is 22.8 Å². The molecule has 0 saturated heterocycles. The van der Waals surface area contributed by atoms with Crippen LogP contribution < -0.4 is 0 Å². The summed E-state index contributed by atoms with van der Waals surface area (Å²) in [4.78, 5) is 15.4. The number of hydrogen-bond donors (Lipinski definition) is 1. The summed E-state index contributed by atoms with van der Waals surface area (Å²) in [6.45, 7) is 15.5. The van der Waals surface area contributed by atoms with Crippen LogP contribution in [0.15, 0.2) is 96.1 Å². The van der Waals surface area contributed by atoms with Crippen LogP contribution in [-0.4, -0.2) is 20.7 Å². The van der Waals surface area contributed by atoms with Crippen LogP contribution in [0.1, 0.15) is 78.1 Å². The molecule has 1 aromatic heterocycles. The molecule has 5 heteroatoms. The van der Waals surface area contributed by atoms with Gasteiger partial charge in [0, 0.05) is 31.2 Å². The van der Waals surface area contributed by atoms with Crippen LogP contribution in [-0.2, 0) is 11.8 Å². The minimum absolute atomic E-state index is 0.0768. The van der Waals surface area contributed by atoms with Crippen LogP contribution in [0, 0.1) is 25.7 Å². The molecule has 4 atom stereocenters. The highest BCUT2D eigenvalue weighted by Crippen LogP contribution is 2.66. The number of nitrogens with zero attached hydrogens (tertiary/aromatic N) is 3. The SMILES string of the molecule is C=CC1=CC(C)C=C2C1(C)C(=N)CCC(C)(c1nc(-c3ccc(I)cc3)nc(-c3ccc(CCCC)cc3)n1)/C=C1\CC21C. The fraction of sp³-hybridized carbons (Fsp3) is 0.385. The number of fused-ring (bicyclic) bond motifs is 3. The van der Waals surface area contributed by atoms with Crippen LogP contribution >= 0.6 is 22.6 Å². The Morgan fingerprint density at radius 3 is 2.20 bits per heavy atom. The van der Waals surface area contributed by atoms with Gasteiger partial charge in [0.25, 0.3) is 0 Å². The number of benzene rings is 2. The number of nitrogens with one attached hydrogen (secondary N) is 1. The summed E-state index contributed by atoms with van der Waals surface area (Å²) >= 11 is 2.33. The molecule has 3 aliphatic carbocycles. The lowest BCUT2D eigenvalue weighted by Gasteiger charge is -2.41. The van der Waals surface area contributed by atoms with Gasteiger partial charge in [-0.05, 0) is 103 Å². The van der Waals surface area contributed by atoms with E-state index in [0.29, 0.717) is 24.0 Å². The second-order valence-corrected chi connectivity index (χ2v) is 14.8. The van der Waals surface area contributed by atoms with E-state index >= 15 is 0 Å². The van der Waals surface area contributed by atoms with Gasteiger partial charge >= 0.3 is 0 Å². The summed E-state index contributed by atoms with van der Waals surface area (Å²) in [5, 5.41) is 9.51. The topological polar surface area (TPSA) is 62.5 Å². The molecule has 1 fully saturated rings. The van der Waals surface area contributed by atoms with Gasteiger partial charge in [0.2, 0.25) is 0 Å². The quantitative estimate of drug-likeness (QED) is 0.198. The Balaban J connectivity index is 1.47. The third-order valence-corrected chi connectivity index (χ3v) is 10.9. The molecular formula is C39H43IN4. The molecule has 0 spiro atoms. The van der Waals surface area contributed by atoms with Crippen molar-refractivity contribution in [3.05, 3.63) is 111 Å². The van der Waals surface area contributed by atoms with Crippen molar-refractivity contribution in [2.75, 3.05) is 0 Å². The highest BCUT2D eigenvalue weighted by Gasteiger charge is 2.57. The number of aryl methyl sites for hydroxylation is 1. The number of unbranched alkanes of at least 4 members (excludes halogenated alkanes) is 1. The Morgan fingerprint density at radius 2 is 1.59 bits per heavy atom. The molecule has 3 aromatic rings. The molecule has 0 radical (unpaired) electrons. The third-order valence-electron chi connectivity index (χ3n) is 10.2. The first-order chi connectivity index (χ1) is 21.0. The Bertz CT molecular complexity index is 1710. The van der Waals surface area contributed by atoms with E-state index in [-0.39, 0.29) is 5.41 Å². The lowest BCUT2D eigenvalue weighted by Crippen LogP contribution is -2.37. The largest absolute Gasteiger partial charge is 0.308 e. The fourth-order valence-electron chi connectivity index (χ4n) is 7.20. The standard InChI is InChI=1S/C39H43IN4/c1-7-9-10-26-11-13-27(14-12-26)34-42-35(28-15-17-31(40)18-16-28)44-36(43-34)37(4)20-19-33(41)39(6)29(8-2)21-25(3)22-32(39)38(5)24-30(38)23-37/h8,11-18,21-23,25,41H,2,7,9-10,19-20,24H2,1,3-6H3/b30-23+,41-33?. The van der Waals surface area contributed by atoms with Gasteiger partial charge in [-0.2, -0.15) is 0 Å². The van der Waals surface area contributed by atoms with Gasteiger partial charge in [0.1, 0.15) is 5.82 Å². The Morgan fingerprint density at radius 1 is 0.955 bits per heavy atom. The second-order valence-electron chi connectivity index (χ2n) is 13.6. The van der Waals surface area contributed by atoms with E-state index in [1.807, 2.05) is 6.08 Å². The summed E-state index contributed by atoms with van der Waals surface area (Å²) < 4.78 is 1.18. The van der Waals surface area contributed by atoms with Gasteiger partial charge in [-0.3, -0.25) is 0 Å². The zero-order valence-corrected chi connectivity index (χ0v) is 28.8. The summed E-state index contributed by atoms with van der Waals surface area (Å²) in [5.41, 5.74) is 7.03. The lowest BCUT2D eigenvalue weighted by molar-refractivity contribution is 0.496. The van der Waals surface area contributed by atoms with Crippen molar-refractivity contribution >= 4 is 28.3 Å². The first kappa shape index (κ1) is 30.8. The molecule has 3 aliphatic rings. The summed E-state index contributed by atoms with van der Waals surface area (Å²) in [5.74, 6) is 2.49. The Hall–Kier alpha value is -3.19. The second kappa shape index (κ2) is 11.6. The van der Waals surface area contributed by atoms with E-state index in [4.69, 9.17) is 15.0 Å². The summed E-state index contributed by atoms with van der Waals surface area (Å²) in [6.07, 6.45) is 15.0. The van der Waals surface area contributed by atoms with E-state index in [1.165, 1.54) is 33.1 Å². The molecule has 0 aliphatic heterocycles. The molecule has 44 heavy (non-hydrogen) atoms. The number of aromatic nitrogens is 3. The molecule has 2 aromatic carbocycles. The Labute approximate surface area is 276 Å². The van der Waals surface area contributed by atoms with Crippen LogP contribution in [0.3, 0.4) is 0 Å². The number of halogens is 1. The van der Waals surface area contributed by atoms with Gasteiger partial charge < -0.3 is 5.41 Å². The Kier molecular flexibility index (Phi) is 8.14. The van der Waals surface area contributed by atoms with Gasteiger partial charge in [-0.1, -0.05) is 100 Å². The smallest absolute Gasteiger partial charge is 0.163 e. The number of hydrogen-bond acceptors (Lipinski definition) is 4. The maximum absolute atomic E-state index is 9.51. The molecule has 6 rings (SSSR count). The van der Waals surface area contributed by atoms with Crippen molar-refractivity contribution in [3.63, 3.8) is 0 Å². The first-order valence-corrected chi connectivity index (χ1v) is 17.1. The monoisotopic (exact) mass is 694 g/mol. The van der Waals surface area contributed by atoms with Gasteiger partial charge in [0.15, 0.2) is 11.6 Å². The molecule has 0 amide bonds. The highest BCUT2D eigenvalue weighted by atomic mass is 127. The highest BCUT2D eigenvalue weighted by molar-refractivity contribution is 14.1. The molecular weight excluding hydrogens is 651 g/mol. The molecule has 0 bridgehead atoms. The van der Waals surface area contributed by atoms with Crippen molar-refractivity contribution in [2.24, 2.45) is 16.7 Å². The average Bonchev–Trinajstić information content (AvgIpc) is 3.68. The van der Waals surface area contributed by atoms with E-state index in [0.717, 1.165) is 47.5 Å². The van der Waals surface area contributed by atoms with Crippen LogP contribution in [0.5, 0.6) is 0 Å².